The van der Waals surface area contributed by atoms with E-state index in [1.54, 1.807) is 17.8 Å². The molecule has 1 N–H and O–H groups in total. The molecule has 122 valence electrons. The molecule has 0 spiro atoms. The minimum atomic E-state index is -0.272. The zero-order valence-corrected chi connectivity index (χ0v) is 14.5. The number of rotatable bonds is 4. The van der Waals surface area contributed by atoms with E-state index in [1.165, 1.54) is 0 Å². The molecule has 3 rings (SSSR count). The molecule has 3 aromatic rings. The minimum Gasteiger partial charge on any atom is -0.403 e. The Balaban J connectivity index is 1.78. The van der Waals surface area contributed by atoms with Gasteiger partial charge in [-0.1, -0.05) is 17.2 Å². The van der Waals surface area contributed by atoms with Crippen LogP contribution in [-0.2, 0) is 0 Å². The largest absolute Gasteiger partial charge is 0.403 e. The molecule has 0 aliphatic rings. The lowest BCUT2D eigenvalue weighted by Gasteiger charge is -2.04. The Hall–Kier alpha value is -2.60. The van der Waals surface area contributed by atoms with E-state index in [2.05, 4.69) is 15.5 Å². The molecule has 24 heavy (non-hydrogen) atoms. The van der Waals surface area contributed by atoms with Crippen molar-refractivity contribution >= 4 is 23.7 Å². The molecule has 5 nitrogen and oxygen atoms in total. The van der Waals surface area contributed by atoms with Gasteiger partial charge in [0.05, 0.1) is 0 Å². The summed E-state index contributed by atoms with van der Waals surface area (Å²) >= 11 is 1.64. The van der Waals surface area contributed by atoms with E-state index >= 15 is 0 Å². The van der Waals surface area contributed by atoms with Gasteiger partial charge in [0, 0.05) is 16.0 Å². The number of aromatic nitrogens is 2. The molecule has 0 saturated heterocycles. The molecule has 0 aliphatic heterocycles. The first kappa shape index (κ1) is 16.3. The first-order valence-electron chi connectivity index (χ1n) is 7.43. The average Bonchev–Trinajstić information content (AvgIpc) is 3.06. The molecule has 0 radical (unpaired) electrons. The van der Waals surface area contributed by atoms with Gasteiger partial charge in [0.2, 0.25) is 5.89 Å². The molecule has 0 fully saturated rings. The molecule has 1 heterocycles. The molecular weight excluding hydrogens is 322 g/mol. The van der Waals surface area contributed by atoms with E-state index in [-0.39, 0.29) is 11.9 Å². The van der Waals surface area contributed by atoms with Gasteiger partial charge in [-0.05, 0) is 61.6 Å². The topological polar surface area (TPSA) is 68.0 Å². The van der Waals surface area contributed by atoms with Gasteiger partial charge in [0.15, 0.2) is 0 Å². The number of carbonyl (C=O) groups excluding carboxylic acids is 1. The average molecular weight is 339 g/mol. The van der Waals surface area contributed by atoms with Crippen molar-refractivity contribution in [2.75, 3.05) is 11.6 Å². The predicted octanol–water partition coefficient (Wildman–Crippen LogP) is 4.33. The molecule has 6 heteroatoms. The molecule has 0 saturated carbocycles. The van der Waals surface area contributed by atoms with Crippen molar-refractivity contribution in [2.24, 2.45) is 0 Å². The molecule has 0 aliphatic carbocycles. The maximum atomic E-state index is 12.3. The molecular formula is C18H17N3O2S. The van der Waals surface area contributed by atoms with Gasteiger partial charge in [0.25, 0.3) is 5.91 Å². The van der Waals surface area contributed by atoms with Crippen LogP contribution in [0.2, 0.25) is 0 Å². The summed E-state index contributed by atoms with van der Waals surface area (Å²) in [7, 11) is 0. The summed E-state index contributed by atoms with van der Waals surface area (Å²) < 4.78 is 5.55. The van der Waals surface area contributed by atoms with Crippen molar-refractivity contribution in [3.63, 3.8) is 0 Å². The lowest BCUT2D eigenvalue weighted by Crippen LogP contribution is -2.12. The lowest BCUT2D eigenvalue weighted by molar-refractivity contribution is 0.102. The second-order valence-electron chi connectivity index (χ2n) is 5.40. The van der Waals surface area contributed by atoms with Crippen molar-refractivity contribution in [2.45, 2.75) is 18.7 Å². The van der Waals surface area contributed by atoms with Gasteiger partial charge in [-0.25, -0.2) is 0 Å². The Bertz CT molecular complexity index is 889. The summed E-state index contributed by atoms with van der Waals surface area (Å²) in [6.45, 7) is 3.97. The first-order chi connectivity index (χ1) is 11.6. The van der Waals surface area contributed by atoms with Crippen LogP contribution in [0.1, 0.15) is 21.5 Å². The van der Waals surface area contributed by atoms with Crippen LogP contribution in [0.3, 0.4) is 0 Å². The van der Waals surface area contributed by atoms with E-state index in [9.17, 15) is 4.79 Å². The Kier molecular flexibility index (Phi) is 4.66. The number of hydrogen-bond donors (Lipinski definition) is 1. The number of thioether (sulfide) groups is 1. The Labute approximate surface area is 144 Å². The molecule has 0 bridgehead atoms. The van der Waals surface area contributed by atoms with Crippen LogP contribution in [0.4, 0.5) is 6.01 Å². The predicted molar refractivity (Wildman–Crippen MR) is 95.4 cm³/mol. The van der Waals surface area contributed by atoms with Gasteiger partial charge in [-0.3, -0.25) is 10.1 Å². The highest BCUT2D eigenvalue weighted by Crippen LogP contribution is 2.24. The number of carbonyl (C=O) groups is 1. The van der Waals surface area contributed by atoms with Crippen LogP contribution >= 0.6 is 11.8 Å². The van der Waals surface area contributed by atoms with Crippen LogP contribution in [0, 0.1) is 13.8 Å². The van der Waals surface area contributed by atoms with Gasteiger partial charge in [-0.2, -0.15) is 0 Å². The third kappa shape index (κ3) is 3.49. The number of nitrogens with one attached hydrogen (secondary N) is 1. The zero-order chi connectivity index (χ0) is 17.1. The number of aryl methyl sites for hydroxylation is 2. The quantitative estimate of drug-likeness (QED) is 0.717. The van der Waals surface area contributed by atoms with Crippen molar-refractivity contribution in [1.29, 1.82) is 0 Å². The second-order valence-corrected chi connectivity index (χ2v) is 6.28. The summed E-state index contributed by atoms with van der Waals surface area (Å²) in [5, 5.41) is 10.5. The second kappa shape index (κ2) is 6.88. The Morgan fingerprint density at radius 3 is 2.67 bits per heavy atom. The van der Waals surface area contributed by atoms with Crippen LogP contribution < -0.4 is 5.32 Å². The van der Waals surface area contributed by atoms with Crippen LogP contribution in [0.15, 0.2) is 51.8 Å². The van der Waals surface area contributed by atoms with Crippen molar-refractivity contribution < 1.29 is 9.21 Å². The Morgan fingerprint density at radius 1 is 1.08 bits per heavy atom. The number of nitrogens with zero attached hydrogens (tertiary/aromatic N) is 2. The minimum absolute atomic E-state index is 0.0859. The van der Waals surface area contributed by atoms with Crippen molar-refractivity contribution in [3.8, 4) is 11.5 Å². The van der Waals surface area contributed by atoms with Gasteiger partial charge in [-0.15, -0.1) is 16.9 Å². The van der Waals surface area contributed by atoms with E-state index in [0.717, 1.165) is 21.6 Å². The summed E-state index contributed by atoms with van der Waals surface area (Å²) in [4.78, 5) is 13.4. The number of benzene rings is 2. The van der Waals surface area contributed by atoms with E-state index < -0.39 is 0 Å². The highest BCUT2D eigenvalue weighted by atomic mass is 32.2. The third-order valence-corrected chi connectivity index (χ3v) is 4.46. The number of hydrogen-bond acceptors (Lipinski definition) is 5. The SMILES string of the molecule is CSc1cccc(-c2nnc(NC(=O)c3ccc(C)c(C)c3)o2)c1. The molecule has 2 aromatic carbocycles. The van der Waals surface area contributed by atoms with E-state index in [1.807, 2.05) is 56.5 Å². The Morgan fingerprint density at radius 2 is 1.92 bits per heavy atom. The van der Waals surface area contributed by atoms with Crippen LogP contribution in [0.5, 0.6) is 0 Å². The summed E-state index contributed by atoms with van der Waals surface area (Å²) in [5.41, 5.74) is 3.58. The van der Waals surface area contributed by atoms with Gasteiger partial charge < -0.3 is 4.42 Å². The molecule has 1 amide bonds. The fourth-order valence-electron chi connectivity index (χ4n) is 2.20. The van der Waals surface area contributed by atoms with Gasteiger partial charge >= 0.3 is 6.01 Å². The van der Waals surface area contributed by atoms with Crippen LogP contribution in [-0.4, -0.2) is 22.4 Å². The molecule has 0 atom stereocenters. The van der Waals surface area contributed by atoms with Crippen molar-refractivity contribution in [1.82, 2.24) is 10.2 Å². The summed E-state index contributed by atoms with van der Waals surface area (Å²) in [6, 6.07) is 13.4. The fraction of sp³-hybridized carbons (Fsp3) is 0.167. The third-order valence-electron chi connectivity index (χ3n) is 3.73. The summed E-state index contributed by atoms with van der Waals surface area (Å²) in [5.74, 6) is 0.104. The van der Waals surface area contributed by atoms with E-state index in [4.69, 9.17) is 4.42 Å². The highest BCUT2D eigenvalue weighted by molar-refractivity contribution is 7.98. The molecule has 0 unspecified atom stereocenters. The lowest BCUT2D eigenvalue weighted by atomic mass is 10.1. The van der Waals surface area contributed by atoms with Gasteiger partial charge in [0.1, 0.15) is 0 Å². The normalized spacial score (nSPS) is 10.6. The first-order valence-corrected chi connectivity index (χ1v) is 8.66. The van der Waals surface area contributed by atoms with Crippen LogP contribution in [0.25, 0.3) is 11.5 Å². The highest BCUT2D eigenvalue weighted by Gasteiger charge is 2.13. The number of anilines is 1. The fourth-order valence-corrected chi connectivity index (χ4v) is 2.66. The standard InChI is InChI=1S/C18H17N3O2S/c1-11-7-8-13(9-12(11)2)16(22)19-18-21-20-17(23-18)14-5-4-6-15(10-14)24-3/h4-10H,1-3H3,(H,19,21,22). The molecule has 1 aromatic heterocycles. The van der Waals surface area contributed by atoms with E-state index in [0.29, 0.717) is 11.5 Å². The maximum Gasteiger partial charge on any atom is 0.322 e. The summed E-state index contributed by atoms with van der Waals surface area (Å²) in [6.07, 6.45) is 2.00. The number of amides is 1. The van der Waals surface area contributed by atoms with Crippen molar-refractivity contribution in [3.05, 3.63) is 59.2 Å². The zero-order valence-electron chi connectivity index (χ0n) is 13.7. The monoisotopic (exact) mass is 339 g/mol. The maximum absolute atomic E-state index is 12.3. The smallest absolute Gasteiger partial charge is 0.322 e.